The van der Waals surface area contributed by atoms with Gasteiger partial charge in [-0.25, -0.2) is 0 Å². The summed E-state index contributed by atoms with van der Waals surface area (Å²) >= 11 is 11.9. The minimum Gasteiger partial charge on any atom is -0.376 e. The van der Waals surface area contributed by atoms with E-state index in [0.29, 0.717) is 22.2 Å². The van der Waals surface area contributed by atoms with Gasteiger partial charge < -0.3 is 10.1 Å². The first-order valence-electron chi connectivity index (χ1n) is 5.81. The molecule has 2 unspecified atom stereocenters. The maximum Gasteiger partial charge on any atom is 0.253 e. The summed E-state index contributed by atoms with van der Waals surface area (Å²) in [6, 6.07) is 4.85. The molecular formula is C13H15Cl2NO2. The maximum atomic E-state index is 12.2. The van der Waals surface area contributed by atoms with Gasteiger partial charge in [0.25, 0.3) is 5.91 Å². The number of ether oxygens (including phenoxy) is 1. The Morgan fingerprint density at radius 3 is 2.83 bits per heavy atom. The average molecular weight is 288 g/mol. The molecule has 1 aliphatic heterocycles. The second-order valence-corrected chi connectivity index (χ2v) is 5.60. The van der Waals surface area contributed by atoms with E-state index in [4.69, 9.17) is 27.9 Å². The molecule has 3 nitrogen and oxygen atoms in total. The molecule has 0 aliphatic carbocycles. The van der Waals surface area contributed by atoms with Gasteiger partial charge in [-0.3, -0.25) is 4.79 Å². The van der Waals surface area contributed by atoms with Gasteiger partial charge in [-0.05, 0) is 38.5 Å². The number of amides is 1. The summed E-state index contributed by atoms with van der Waals surface area (Å²) in [7, 11) is 0. The summed E-state index contributed by atoms with van der Waals surface area (Å²) in [5.74, 6) is -0.220. The van der Waals surface area contributed by atoms with Crippen molar-refractivity contribution < 1.29 is 9.53 Å². The van der Waals surface area contributed by atoms with E-state index in [-0.39, 0.29) is 17.6 Å². The van der Waals surface area contributed by atoms with E-state index in [1.54, 1.807) is 18.2 Å². The molecule has 0 saturated carbocycles. The number of carbonyl (C=O) groups is 1. The normalized spacial score (nSPS) is 27.2. The summed E-state index contributed by atoms with van der Waals surface area (Å²) in [4.78, 5) is 12.2. The zero-order valence-corrected chi connectivity index (χ0v) is 11.8. The van der Waals surface area contributed by atoms with Crippen molar-refractivity contribution in [1.82, 2.24) is 5.32 Å². The predicted molar refractivity (Wildman–Crippen MR) is 72.4 cm³/mol. The smallest absolute Gasteiger partial charge is 0.253 e. The van der Waals surface area contributed by atoms with Gasteiger partial charge in [-0.1, -0.05) is 23.2 Å². The van der Waals surface area contributed by atoms with E-state index in [9.17, 15) is 4.79 Å². The molecule has 1 aromatic rings. The molecule has 2 atom stereocenters. The van der Waals surface area contributed by atoms with E-state index < -0.39 is 0 Å². The standard InChI is InChI=1S/C13H15Cl2NO2/c1-8-13(2,5-6-18-8)16-12(17)10-7-9(14)3-4-11(10)15/h3-4,7-8H,5-6H2,1-2H3,(H,16,17). The van der Waals surface area contributed by atoms with Crippen molar-refractivity contribution >= 4 is 29.1 Å². The molecule has 1 aliphatic rings. The molecular weight excluding hydrogens is 273 g/mol. The lowest BCUT2D eigenvalue weighted by atomic mass is 9.94. The van der Waals surface area contributed by atoms with Crippen molar-refractivity contribution in [1.29, 1.82) is 0 Å². The van der Waals surface area contributed by atoms with E-state index in [0.717, 1.165) is 6.42 Å². The fourth-order valence-electron chi connectivity index (χ4n) is 2.00. The van der Waals surface area contributed by atoms with Crippen LogP contribution >= 0.6 is 23.2 Å². The van der Waals surface area contributed by atoms with Crippen LogP contribution in [0.2, 0.25) is 10.0 Å². The molecule has 1 saturated heterocycles. The molecule has 98 valence electrons. The van der Waals surface area contributed by atoms with Crippen LogP contribution in [0.15, 0.2) is 18.2 Å². The topological polar surface area (TPSA) is 38.3 Å². The third-order valence-corrected chi connectivity index (χ3v) is 4.02. The highest BCUT2D eigenvalue weighted by molar-refractivity contribution is 6.35. The van der Waals surface area contributed by atoms with Gasteiger partial charge in [-0.15, -0.1) is 0 Å². The summed E-state index contributed by atoms with van der Waals surface area (Å²) in [5, 5.41) is 3.87. The molecule has 5 heteroatoms. The first-order chi connectivity index (χ1) is 8.42. The maximum absolute atomic E-state index is 12.2. The zero-order valence-electron chi connectivity index (χ0n) is 10.3. The van der Waals surface area contributed by atoms with Crippen LogP contribution in [0.5, 0.6) is 0 Å². The molecule has 1 heterocycles. The second kappa shape index (κ2) is 5.08. The fourth-order valence-corrected chi connectivity index (χ4v) is 2.37. The van der Waals surface area contributed by atoms with Crippen molar-refractivity contribution in [3.8, 4) is 0 Å². The Labute approximate surface area is 116 Å². The molecule has 0 spiro atoms. The van der Waals surface area contributed by atoms with Crippen LogP contribution in [0.25, 0.3) is 0 Å². The lowest BCUT2D eigenvalue weighted by Gasteiger charge is -2.29. The summed E-state index contributed by atoms with van der Waals surface area (Å²) in [5.41, 5.74) is 0.0346. The number of hydrogen-bond donors (Lipinski definition) is 1. The van der Waals surface area contributed by atoms with Gasteiger partial charge in [0.1, 0.15) is 0 Å². The van der Waals surface area contributed by atoms with Crippen molar-refractivity contribution in [3.63, 3.8) is 0 Å². The van der Waals surface area contributed by atoms with Crippen molar-refractivity contribution in [2.24, 2.45) is 0 Å². The zero-order chi connectivity index (χ0) is 13.3. The van der Waals surface area contributed by atoms with E-state index in [1.807, 2.05) is 13.8 Å². The molecule has 0 aromatic heterocycles. The van der Waals surface area contributed by atoms with Crippen LogP contribution in [-0.4, -0.2) is 24.2 Å². The quantitative estimate of drug-likeness (QED) is 0.906. The first-order valence-corrected chi connectivity index (χ1v) is 6.57. The number of rotatable bonds is 2. The lowest BCUT2D eigenvalue weighted by molar-refractivity contribution is 0.0727. The molecule has 1 aromatic carbocycles. The Kier molecular flexibility index (Phi) is 3.85. The van der Waals surface area contributed by atoms with Gasteiger partial charge in [0.05, 0.1) is 22.2 Å². The molecule has 0 radical (unpaired) electrons. The number of hydrogen-bond acceptors (Lipinski definition) is 2. The van der Waals surface area contributed by atoms with Crippen molar-refractivity contribution in [2.45, 2.75) is 31.9 Å². The lowest BCUT2D eigenvalue weighted by Crippen LogP contribution is -2.50. The number of carbonyl (C=O) groups excluding carboxylic acids is 1. The number of nitrogens with one attached hydrogen (secondary N) is 1. The van der Waals surface area contributed by atoms with Gasteiger partial charge in [-0.2, -0.15) is 0 Å². The van der Waals surface area contributed by atoms with Gasteiger partial charge in [0.15, 0.2) is 0 Å². The largest absolute Gasteiger partial charge is 0.376 e. The number of halogens is 2. The molecule has 1 N–H and O–H groups in total. The molecule has 1 amide bonds. The van der Waals surface area contributed by atoms with E-state index in [2.05, 4.69) is 5.32 Å². The van der Waals surface area contributed by atoms with E-state index >= 15 is 0 Å². The Morgan fingerprint density at radius 1 is 1.50 bits per heavy atom. The summed E-state index contributed by atoms with van der Waals surface area (Å²) in [6.07, 6.45) is 0.775. The van der Waals surface area contributed by atoms with Crippen LogP contribution in [0.4, 0.5) is 0 Å². The minimum absolute atomic E-state index is 0.0144. The molecule has 18 heavy (non-hydrogen) atoms. The third kappa shape index (κ3) is 2.63. The molecule has 2 rings (SSSR count). The molecule has 1 fully saturated rings. The van der Waals surface area contributed by atoms with Crippen LogP contribution in [0, 0.1) is 0 Å². The van der Waals surface area contributed by atoms with Crippen LogP contribution in [-0.2, 0) is 4.74 Å². The monoisotopic (exact) mass is 287 g/mol. The Hall–Kier alpha value is -0.770. The van der Waals surface area contributed by atoms with Gasteiger partial charge in [0, 0.05) is 11.6 Å². The Morgan fingerprint density at radius 2 is 2.22 bits per heavy atom. The highest BCUT2D eigenvalue weighted by Gasteiger charge is 2.38. The second-order valence-electron chi connectivity index (χ2n) is 4.76. The molecule has 0 bridgehead atoms. The summed E-state index contributed by atoms with van der Waals surface area (Å²) in [6.45, 7) is 4.58. The van der Waals surface area contributed by atoms with E-state index in [1.165, 1.54) is 0 Å². The highest BCUT2D eigenvalue weighted by atomic mass is 35.5. The SMILES string of the molecule is CC1OCCC1(C)NC(=O)c1cc(Cl)ccc1Cl. The van der Waals surface area contributed by atoms with Crippen molar-refractivity contribution in [2.75, 3.05) is 6.61 Å². The van der Waals surface area contributed by atoms with Crippen LogP contribution in [0.1, 0.15) is 30.6 Å². The Bertz CT molecular complexity index is 478. The third-order valence-electron chi connectivity index (χ3n) is 3.46. The average Bonchev–Trinajstić information content (AvgIpc) is 2.62. The van der Waals surface area contributed by atoms with Crippen LogP contribution < -0.4 is 5.32 Å². The first kappa shape index (κ1) is 13.7. The van der Waals surface area contributed by atoms with Crippen molar-refractivity contribution in [3.05, 3.63) is 33.8 Å². The predicted octanol–water partition coefficient (Wildman–Crippen LogP) is 3.29. The van der Waals surface area contributed by atoms with Gasteiger partial charge in [0.2, 0.25) is 0 Å². The van der Waals surface area contributed by atoms with Gasteiger partial charge >= 0.3 is 0 Å². The minimum atomic E-state index is -0.358. The highest BCUT2D eigenvalue weighted by Crippen LogP contribution is 2.27. The Balaban J connectivity index is 2.19. The fraction of sp³-hybridized carbons (Fsp3) is 0.462. The van der Waals surface area contributed by atoms with Crippen LogP contribution in [0.3, 0.4) is 0 Å². The number of benzene rings is 1. The summed E-state index contributed by atoms with van der Waals surface area (Å²) < 4.78 is 5.49.